The van der Waals surface area contributed by atoms with Gasteiger partial charge in [0, 0.05) is 11.8 Å². The highest BCUT2D eigenvalue weighted by Gasteiger charge is 2.20. The van der Waals surface area contributed by atoms with Crippen molar-refractivity contribution in [2.24, 2.45) is 0 Å². The molecular weight excluding hydrogens is 399 g/mol. The van der Waals surface area contributed by atoms with E-state index in [1.54, 1.807) is 24.4 Å². The van der Waals surface area contributed by atoms with Crippen molar-refractivity contribution in [3.63, 3.8) is 0 Å². The quantitative estimate of drug-likeness (QED) is 0.429. The Bertz CT molecular complexity index is 1130. The Morgan fingerprint density at radius 1 is 0.867 bits per heavy atom. The van der Waals surface area contributed by atoms with Crippen LogP contribution in [0.5, 0.6) is 0 Å². The molecule has 3 nitrogen and oxygen atoms in total. The predicted molar refractivity (Wildman–Crippen MR) is 117 cm³/mol. The second-order valence-electron chi connectivity index (χ2n) is 6.76. The van der Waals surface area contributed by atoms with E-state index in [0.717, 1.165) is 11.1 Å². The lowest BCUT2D eigenvalue weighted by molar-refractivity contribution is 0.0939. The van der Waals surface area contributed by atoms with Gasteiger partial charge in [0.05, 0.1) is 22.3 Å². The average molecular weight is 417 g/mol. The molecule has 1 N–H and O–H groups in total. The summed E-state index contributed by atoms with van der Waals surface area (Å²) in [6.07, 6.45) is 1.59. The summed E-state index contributed by atoms with van der Waals surface area (Å²) in [4.78, 5) is 17.1. The van der Waals surface area contributed by atoms with Crippen molar-refractivity contribution in [1.29, 1.82) is 0 Å². The molecule has 1 heterocycles. The van der Waals surface area contributed by atoms with Crippen molar-refractivity contribution < 1.29 is 9.18 Å². The van der Waals surface area contributed by atoms with Gasteiger partial charge in [-0.3, -0.25) is 9.78 Å². The maximum atomic E-state index is 14.8. The average Bonchev–Trinajstić information content (AvgIpc) is 2.79. The number of amides is 1. The van der Waals surface area contributed by atoms with Crippen LogP contribution in [0.4, 0.5) is 4.39 Å². The summed E-state index contributed by atoms with van der Waals surface area (Å²) in [7, 11) is 0. The number of nitrogens with zero attached hydrogens (tertiary/aromatic N) is 1. The molecule has 0 radical (unpaired) electrons. The maximum absolute atomic E-state index is 14.8. The van der Waals surface area contributed by atoms with Crippen molar-refractivity contribution in [2.75, 3.05) is 0 Å². The lowest BCUT2D eigenvalue weighted by Crippen LogP contribution is -2.30. The number of hydrogen-bond donors (Lipinski definition) is 1. The highest BCUT2D eigenvalue weighted by atomic mass is 35.5. The molecule has 0 spiro atoms. The maximum Gasteiger partial charge on any atom is 0.255 e. The van der Waals surface area contributed by atoms with Crippen LogP contribution in [-0.2, 0) is 0 Å². The fourth-order valence-corrected chi connectivity index (χ4v) is 3.53. The molecule has 4 rings (SSSR count). The van der Waals surface area contributed by atoms with E-state index in [2.05, 4.69) is 10.3 Å². The molecule has 30 heavy (non-hydrogen) atoms. The van der Waals surface area contributed by atoms with E-state index in [1.165, 1.54) is 12.1 Å². The fourth-order valence-electron chi connectivity index (χ4n) is 3.30. The zero-order valence-corrected chi connectivity index (χ0v) is 16.7. The van der Waals surface area contributed by atoms with Crippen molar-refractivity contribution in [3.8, 4) is 11.3 Å². The van der Waals surface area contributed by atoms with Crippen molar-refractivity contribution >= 4 is 17.5 Å². The van der Waals surface area contributed by atoms with Gasteiger partial charge in [-0.1, -0.05) is 78.3 Å². The molecule has 5 heteroatoms. The van der Waals surface area contributed by atoms with Gasteiger partial charge < -0.3 is 5.32 Å². The van der Waals surface area contributed by atoms with Gasteiger partial charge in [-0.15, -0.1) is 0 Å². The van der Waals surface area contributed by atoms with Crippen LogP contribution >= 0.6 is 11.6 Å². The summed E-state index contributed by atoms with van der Waals surface area (Å²) in [5.74, 6) is -1.13. The Morgan fingerprint density at radius 3 is 2.07 bits per heavy atom. The first-order valence-corrected chi connectivity index (χ1v) is 9.82. The second kappa shape index (κ2) is 8.89. The summed E-state index contributed by atoms with van der Waals surface area (Å²) < 4.78 is 14.8. The number of hydrogen-bond acceptors (Lipinski definition) is 2. The Morgan fingerprint density at radius 2 is 1.50 bits per heavy atom. The summed E-state index contributed by atoms with van der Waals surface area (Å²) in [6, 6.07) is 26.5. The van der Waals surface area contributed by atoms with E-state index in [9.17, 15) is 9.18 Å². The van der Waals surface area contributed by atoms with Crippen molar-refractivity contribution in [1.82, 2.24) is 10.3 Å². The molecule has 0 aliphatic rings. The molecule has 0 saturated heterocycles. The Labute approximate surface area is 179 Å². The third-order valence-electron chi connectivity index (χ3n) is 4.79. The molecule has 1 aromatic heterocycles. The monoisotopic (exact) mass is 416 g/mol. The van der Waals surface area contributed by atoms with E-state index in [4.69, 9.17) is 11.6 Å². The molecular formula is C25H18ClFN2O. The van der Waals surface area contributed by atoms with Crippen LogP contribution in [0.3, 0.4) is 0 Å². The van der Waals surface area contributed by atoms with Crippen LogP contribution in [0.25, 0.3) is 11.3 Å². The van der Waals surface area contributed by atoms with E-state index in [-0.39, 0.29) is 5.56 Å². The van der Waals surface area contributed by atoms with Gasteiger partial charge in [-0.2, -0.15) is 0 Å². The van der Waals surface area contributed by atoms with E-state index in [0.29, 0.717) is 16.3 Å². The normalized spacial score (nSPS) is 10.8. The molecule has 4 aromatic rings. The molecule has 0 aliphatic carbocycles. The van der Waals surface area contributed by atoms with E-state index < -0.39 is 17.8 Å². The Kier molecular flexibility index (Phi) is 5.87. The number of pyridine rings is 1. The molecule has 0 bridgehead atoms. The van der Waals surface area contributed by atoms with Gasteiger partial charge in [-0.25, -0.2) is 4.39 Å². The van der Waals surface area contributed by atoms with Gasteiger partial charge in [0.15, 0.2) is 0 Å². The first kappa shape index (κ1) is 19.8. The first-order chi connectivity index (χ1) is 14.6. The summed E-state index contributed by atoms with van der Waals surface area (Å²) in [5, 5.41) is 3.38. The largest absolute Gasteiger partial charge is 0.341 e. The minimum atomic E-state index is -0.633. The van der Waals surface area contributed by atoms with Crippen molar-refractivity contribution in [2.45, 2.75) is 6.04 Å². The van der Waals surface area contributed by atoms with Crippen LogP contribution < -0.4 is 5.32 Å². The summed E-state index contributed by atoms with van der Waals surface area (Å²) in [6.45, 7) is 0. The molecule has 0 atom stereocenters. The number of carbonyl (C=O) groups is 1. The number of halogens is 2. The Hall–Kier alpha value is -3.50. The molecule has 0 aliphatic heterocycles. The highest BCUT2D eigenvalue weighted by Crippen LogP contribution is 2.27. The topological polar surface area (TPSA) is 42.0 Å². The van der Waals surface area contributed by atoms with E-state index in [1.807, 2.05) is 60.7 Å². The zero-order valence-electron chi connectivity index (χ0n) is 15.9. The second-order valence-corrected chi connectivity index (χ2v) is 7.16. The van der Waals surface area contributed by atoms with Crippen molar-refractivity contribution in [3.05, 3.63) is 125 Å². The van der Waals surface area contributed by atoms with E-state index >= 15 is 0 Å². The van der Waals surface area contributed by atoms with Crippen LogP contribution in [0.15, 0.2) is 97.2 Å². The predicted octanol–water partition coefficient (Wildman–Crippen LogP) is 6.06. The third-order valence-corrected chi connectivity index (χ3v) is 5.09. The molecule has 1 amide bonds. The first-order valence-electron chi connectivity index (χ1n) is 9.44. The van der Waals surface area contributed by atoms with Gasteiger partial charge in [0.2, 0.25) is 0 Å². The zero-order chi connectivity index (χ0) is 20.9. The van der Waals surface area contributed by atoms with Gasteiger partial charge in [0.25, 0.3) is 5.91 Å². The number of nitrogens with one attached hydrogen (secondary N) is 1. The summed E-state index contributed by atoms with van der Waals surface area (Å²) in [5.41, 5.74) is 2.76. The number of carbonyl (C=O) groups excluding carboxylic acids is 1. The Balaban J connectivity index is 1.64. The number of benzene rings is 3. The van der Waals surface area contributed by atoms with Gasteiger partial charge in [-0.05, 0) is 35.4 Å². The summed E-state index contributed by atoms with van der Waals surface area (Å²) >= 11 is 6.15. The SMILES string of the molecule is O=C(NC(c1ccccc1)c1ccccc1)c1ccc(-c2ncccc2Cl)cc1F. The molecule has 0 saturated carbocycles. The van der Waals surface area contributed by atoms with Crippen LogP contribution in [0.1, 0.15) is 27.5 Å². The molecule has 3 aromatic carbocycles. The number of rotatable bonds is 5. The van der Waals surface area contributed by atoms with Crippen LogP contribution in [0.2, 0.25) is 5.02 Å². The minimum absolute atomic E-state index is 0.0392. The lowest BCUT2D eigenvalue weighted by atomic mass is 9.98. The molecule has 0 unspecified atom stereocenters. The standard InChI is InChI=1S/C25H18ClFN2O/c26-21-12-7-15-28-24(21)19-13-14-20(22(27)16-19)25(30)29-23(17-8-3-1-4-9-17)18-10-5-2-6-11-18/h1-16,23H,(H,29,30). The number of aromatic nitrogens is 1. The molecule has 148 valence electrons. The fraction of sp³-hybridized carbons (Fsp3) is 0.0400. The third kappa shape index (κ3) is 4.24. The lowest BCUT2D eigenvalue weighted by Gasteiger charge is -2.20. The van der Waals surface area contributed by atoms with Crippen LogP contribution in [-0.4, -0.2) is 10.9 Å². The minimum Gasteiger partial charge on any atom is -0.341 e. The highest BCUT2D eigenvalue weighted by molar-refractivity contribution is 6.33. The smallest absolute Gasteiger partial charge is 0.255 e. The van der Waals surface area contributed by atoms with Gasteiger partial charge in [0.1, 0.15) is 5.82 Å². The molecule has 0 fully saturated rings. The van der Waals surface area contributed by atoms with Crippen LogP contribution in [0, 0.1) is 5.82 Å². The van der Waals surface area contributed by atoms with Gasteiger partial charge >= 0.3 is 0 Å².